The molecule has 0 aliphatic carbocycles. The largest absolute Gasteiger partial charge is 0.484 e. The van der Waals surface area contributed by atoms with E-state index in [-0.39, 0.29) is 24.5 Å². The average molecular weight is 461 g/mol. The average Bonchev–Trinajstić information content (AvgIpc) is 2.68. The Morgan fingerprint density at radius 3 is 2.41 bits per heavy atom. The molecule has 1 atom stereocenters. The number of nitrogens with one attached hydrogen (secondary N) is 1. The maximum absolute atomic E-state index is 13.1. The van der Waals surface area contributed by atoms with Crippen molar-refractivity contribution in [1.82, 2.24) is 10.2 Å². The van der Waals surface area contributed by atoms with Gasteiger partial charge in [-0.25, -0.2) is 0 Å². The summed E-state index contributed by atoms with van der Waals surface area (Å²) in [7, 11) is 0. The van der Waals surface area contributed by atoms with Gasteiger partial charge in [0.15, 0.2) is 6.61 Å². The van der Waals surface area contributed by atoms with E-state index < -0.39 is 6.04 Å². The van der Waals surface area contributed by atoms with Gasteiger partial charge in [-0.05, 0) is 56.5 Å². The molecule has 2 aromatic rings. The van der Waals surface area contributed by atoms with E-state index in [1.54, 1.807) is 4.90 Å². The van der Waals surface area contributed by atoms with Crippen molar-refractivity contribution in [1.29, 1.82) is 0 Å². The zero-order valence-corrected chi connectivity index (χ0v) is 19.0. The number of amides is 2. The van der Waals surface area contributed by atoms with Gasteiger partial charge in [-0.1, -0.05) is 53.2 Å². The van der Waals surface area contributed by atoms with Gasteiger partial charge in [-0.2, -0.15) is 0 Å². The first-order valence-electron chi connectivity index (χ1n) is 9.84. The number of hydrogen-bond donors (Lipinski definition) is 1. The maximum atomic E-state index is 13.1. The van der Waals surface area contributed by atoms with Crippen LogP contribution in [0.15, 0.2) is 53.0 Å². The highest BCUT2D eigenvalue weighted by atomic mass is 79.9. The fourth-order valence-electron chi connectivity index (χ4n) is 3.02. The first kappa shape index (κ1) is 22.9. The maximum Gasteiger partial charge on any atom is 0.261 e. The highest BCUT2D eigenvalue weighted by Gasteiger charge is 2.29. The topological polar surface area (TPSA) is 58.6 Å². The van der Waals surface area contributed by atoms with Crippen LogP contribution in [0.25, 0.3) is 0 Å². The van der Waals surface area contributed by atoms with Crippen LogP contribution in [-0.4, -0.2) is 35.4 Å². The van der Waals surface area contributed by atoms with Crippen molar-refractivity contribution in [2.45, 2.75) is 52.7 Å². The minimum Gasteiger partial charge on any atom is -0.484 e. The third-order valence-electron chi connectivity index (χ3n) is 4.50. The van der Waals surface area contributed by atoms with Crippen LogP contribution < -0.4 is 10.1 Å². The molecule has 0 saturated heterocycles. The Balaban J connectivity index is 2.18. The Hall–Kier alpha value is -2.34. The standard InChI is InChI=1S/C23H29BrN2O3/c1-5-21(23(28)25-16(2)3)26(14-18-9-7-6-8-10-18)22(27)15-29-19-11-12-20(24)17(4)13-19/h6-13,16,21H,5,14-15H2,1-4H3,(H,25,28)/t21-/m1/s1. The number of rotatable bonds is 9. The lowest BCUT2D eigenvalue weighted by Gasteiger charge is -2.31. The first-order valence-corrected chi connectivity index (χ1v) is 10.6. The third kappa shape index (κ3) is 6.89. The quantitative estimate of drug-likeness (QED) is 0.600. The van der Waals surface area contributed by atoms with Crippen LogP contribution in [0, 0.1) is 6.92 Å². The zero-order valence-electron chi connectivity index (χ0n) is 17.4. The van der Waals surface area contributed by atoms with Gasteiger partial charge in [0.1, 0.15) is 11.8 Å². The van der Waals surface area contributed by atoms with Gasteiger partial charge in [0.2, 0.25) is 5.91 Å². The number of aryl methyl sites for hydroxylation is 1. The van der Waals surface area contributed by atoms with Crippen molar-refractivity contribution in [3.05, 3.63) is 64.1 Å². The van der Waals surface area contributed by atoms with Crippen molar-refractivity contribution in [2.24, 2.45) is 0 Å². The second-order valence-corrected chi connectivity index (χ2v) is 8.15. The summed E-state index contributed by atoms with van der Waals surface area (Å²) >= 11 is 3.46. The molecule has 0 heterocycles. The number of carbonyl (C=O) groups is 2. The molecule has 2 aromatic carbocycles. The molecule has 2 rings (SSSR count). The van der Waals surface area contributed by atoms with Gasteiger partial charge in [0.25, 0.3) is 5.91 Å². The summed E-state index contributed by atoms with van der Waals surface area (Å²) in [5.41, 5.74) is 2.00. The van der Waals surface area contributed by atoms with E-state index in [4.69, 9.17) is 4.74 Å². The molecule has 0 unspecified atom stereocenters. The third-order valence-corrected chi connectivity index (χ3v) is 5.39. The van der Waals surface area contributed by atoms with Crippen molar-refractivity contribution in [3.63, 3.8) is 0 Å². The number of hydrogen-bond acceptors (Lipinski definition) is 3. The van der Waals surface area contributed by atoms with Gasteiger partial charge >= 0.3 is 0 Å². The molecule has 0 bridgehead atoms. The fourth-order valence-corrected chi connectivity index (χ4v) is 3.26. The summed E-state index contributed by atoms with van der Waals surface area (Å²) in [5, 5.41) is 2.92. The first-order chi connectivity index (χ1) is 13.8. The van der Waals surface area contributed by atoms with E-state index in [0.717, 1.165) is 15.6 Å². The smallest absolute Gasteiger partial charge is 0.261 e. The number of halogens is 1. The molecule has 156 valence electrons. The molecule has 2 amide bonds. The normalized spacial score (nSPS) is 11.8. The van der Waals surface area contributed by atoms with Crippen molar-refractivity contribution in [2.75, 3.05) is 6.61 Å². The molecular formula is C23H29BrN2O3. The molecule has 0 aliphatic rings. The van der Waals surface area contributed by atoms with E-state index in [2.05, 4.69) is 21.2 Å². The molecule has 0 aliphatic heterocycles. The summed E-state index contributed by atoms with van der Waals surface area (Å²) in [6.07, 6.45) is 0.522. The molecule has 29 heavy (non-hydrogen) atoms. The minimum absolute atomic E-state index is 0.00668. The molecule has 0 saturated carbocycles. The van der Waals surface area contributed by atoms with Crippen LogP contribution >= 0.6 is 15.9 Å². The fraction of sp³-hybridized carbons (Fsp3) is 0.391. The summed E-state index contributed by atoms with van der Waals surface area (Å²) in [6.45, 7) is 7.92. The molecule has 6 heteroatoms. The number of nitrogens with zero attached hydrogens (tertiary/aromatic N) is 1. The van der Waals surface area contributed by atoms with Crippen molar-refractivity contribution >= 4 is 27.7 Å². The van der Waals surface area contributed by atoms with Crippen LogP contribution in [-0.2, 0) is 16.1 Å². The van der Waals surface area contributed by atoms with E-state index >= 15 is 0 Å². The summed E-state index contributed by atoms with van der Waals surface area (Å²) in [5.74, 6) is 0.254. The van der Waals surface area contributed by atoms with Crippen LogP contribution in [0.4, 0.5) is 0 Å². The number of carbonyl (C=O) groups excluding carboxylic acids is 2. The Morgan fingerprint density at radius 1 is 1.14 bits per heavy atom. The highest BCUT2D eigenvalue weighted by Crippen LogP contribution is 2.22. The van der Waals surface area contributed by atoms with E-state index in [9.17, 15) is 9.59 Å². The zero-order chi connectivity index (χ0) is 21.4. The number of ether oxygens (including phenoxy) is 1. The lowest BCUT2D eigenvalue weighted by atomic mass is 10.1. The van der Waals surface area contributed by atoms with Gasteiger partial charge in [0, 0.05) is 17.1 Å². The van der Waals surface area contributed by atoms with E-state index in [1.807, 2.05) is 76.2 Å². The molecule has 5 nitrogen and oxygen atoms in total. The second-order valence-electron chi connectivity index (χ2n) is 7.29. The Bertz CT molecular complexity index is 824. The lowest BCUT2D eigenvalue weighted by molar-refractivity contribution is -0.143. The molecule has 0 radical (unpaired) electrons. The SMILES string of the molecule is CC[C@H](C(=O)NC(C)C)N(Cc1ccccc1)C(=O)COc1ccc(Br)c(C)c1. The minimum atomic E-state index is -0.555. The summed E-state index contributed by atoms with van der Waals surface area (Å²) in [6, 6.07) is 14.7. The Labute approximate surface area is 181 Å². The summed E-state index contributed by atoms with van der Waals surface area (Å²) in [4.78, 5) is 27.4. The lowest BCUT2D eigenvalue weighted by Crippen LogP contribution is -2.51. The van der Waals surface area contributed by atoms with Gasteiger partial charge in [-0.3, -0.25) is 9.59 Å². The Kier molecular flexibility index (Phi) is 8.70. The van der Waals surface area contributed by atoms with Gasteiger partial charge < -0.3 is 15.0 Å². The van der Waals surface area contributed by atoms with Crippen LogP contribution in [0.5, 0.6) is 5.75 Å². The molecule has 0 fully saturated rings. The van der Waals surface area contributed by atoms with Crippen molar-refractivity contribution < 1.29 is 14.3 Å². The molecule has 0 aromatic heterocycles. The monoisotopic (exact) mass is 460 g/mol. The number of benzene rings is 2. The Morgan fingerprint density at radius 2 is 1.83 bits per heavy atom. The molecular weight excluding hydrogens is 432 g/mol. The van der Waals surface area contributed by atoms with E-state index in [0.29, 0.717) is 18.7 Å². The van der Waals surface area contributed by atoms with Crippen LogP contribution in [0.2, 0.25) is 0 Å². The van der Waals surface area contributed by atoms with Crippen LogP contribution in [0.1, 0.15) is 38.3 Å². The highest BCUT2D eigenvalue weighted by molar-refractivity contribution is 9.10. The predicted octanol–water partition coefficient (Wildman–Crippen LogP) is 4.47. The van der Waals surface area contributed by atoms with E-state index in [1.165, 1.54) is 0 Å². The summed E-state index contributed by atoms with van der Waals surface area (Å²) < 4.78 is 6.72. The van der Waals surface area contributed by atoms with Crippen LogP contribution in [0.3, 0.4) is 0 Å². The van der Waals surface area contributed by atoms with Gasteiger partial charge in [-0.15, -0.1) is 0 Å². The second kappa shape index (κ2) is 11.0. The van der Waals surface area contributed by atoms with Crippen molar-refractivity contribution in [3.8, 4) is 5.75 Å². The van der Waals surface area contributed by atoms with Gasteiger partial charge in [0.05, 0.1) is 0 Å². The molecule has 1 N–H and O–H groups in total. The molecule has 0 spiro atoms. The predicted molar refractivity (Wildman–Crippen MR) is 119 cm³/mol.